The summed E-state index contributed by atoms with van der Waals surface area (Å²) in [5, 5.41) is 0. The quantitative estimate of drug-likeness (QED) is 0.213. The highest BCUT2D eigenvalue weighted by molar-refractivity contribution is 8.00. The number of alkyl halides is 3. The molecule has 0 unspecified atom stereocenters. The summed E-state index contributed by atoms with van der Waals surface area (Å²) in [6.45, 7) is -0.321. The van der Waals surface area contributed by atoms with E-state index in [1.807, 2.05) is 0 Å². The summed E-state index contributed by atoms with van der Waals surface area (Å²) >= 11 is -0.288. The number of amides is 3. The van der Waals surface area contributed by atoms with Gasteiger partial charge in [-0.3, -0.25) is 9.78 Å². The number of nitrogens with zero attached hydrogens (tertiary/aromatic N) is 3. The van der Waals surface area contributed by atoms with E-state index in [2.05, 4.69) is 4.98 Å². The van der Waals surface area contributed by atoms with Crippen LogP contribution in [0.15, 0.2) is 78.0 Å². The van der Waals surface area contributed by atoms with Gasteiger partial charge in [0.15, 0.2) is 0 Å². The zero-order valence-electron chi connectivity index (χ0n) is 17.4. The van der Waals surface area contributed by atoms with E-state index in [1.165, 1.54) is 41.6 Å². The molecular formula is C23H16F3N3O4S. The van der Waals surface area contributed by atoms with Gasteiger partial charge in [-0.1, -0.05) is 18.2 Å². The lowest BCUT2D eigenvalue weighted by molar-refractivity contribution is -0.116. The van der Waals surface area contributed by atoms with Crippen molar-refractivity contribution in [3.05, 3.63) is 84.2 Å². The normalized spacial score (nSPS) is 14.0. The smallest absolute Gasteiger partial charge is 0.423 e. The summed E-state index contributed by atoms with van der Waals surface area (Å²) in [6, 6.07) is 14.3. The number of thioether (sulfide) groups is 1. The van der Waals surface area contributed by atoms with E-state index in [0.717, 1.165) is 4.90 Å². The minimum atomic E-state index is -4.44. The minimum absolute atomic E-state index is 0.0643. The van der Waals surface area contributed by atoms with Gasteiger partial charge in [0.05, 0.1) is 11.3 Å². The number of pyridine rings is 1. The predicted octanol–water partition coefficient (Wildman–Crippen LogP) is 4.88. The lowest BCUT2D eigenvalue weighted by Gasteiger charge is -2.18. The molecule has 34 heavy (non-hydrogen) atoms. The van der Waals surface area contributed by atoms with E-state index in [9.17, 15) is 27.6 Å². The molecule has 1 saturated heterocycles. The standard InChI is InChI=1S/C23H16F3N3O4S/c24-23(25,26)34-18-8-6-16(7-9-18)29-20(30)14-28(22(29)32)13-15-10-11-27-12-19(15)21(31)33-17-4-2-1-3-5-17/h1-12H,13-14H2. The molecule has 1 fully saturated rings. The molecule has 1 aliphatic heterocycles. The third-order valence-corrected chi connectivity index (χ3v) is 5.55. The van der Waals surface area contributed by atoms with Gasteiger partial charge in [0.2, 0.25) is 0 Å². The molecule has 1 aliphatic rings. The number of para-hydroxylation sites is 1. The van der Waals surface area contributed by atoms with Crippen LogP contribution in [0, 0.1) is 0 Å². The molecule has 3 amide bonds. The van der Waals surface area contributed by atoms with E-state index in [4.69, 9.17) is 4.74 Å². The fourth-order valence-corrected chi connectivity index (χ4v) is 3.87. The highest BCUT2D eigenvalue weighted by atomic mass is 32.2. The number of halogens is 3. The third-order valence-electron chi connectivity index (χ3n) is 4.81. The van der Waals surface area contributed by atoms with Gasteiger partial charge in [0, 0.05) is 23.8 Å². The SMILES string of the molecule is O=C(Oc1ccccc1)c1cnccc1CN1CC(=O)N(c2ccc(SC(F)(F)F)cc2)C1=O. The van der Waals surface area contributed by atoms with Crippen molar-refractivity contribution in [3.8, 4) is 5.75 Å². The average molecular weight is 487 g/mol. The second kappa shape index (κ2) is 9.56. The summed E-state index contributed by atoms with van der Waals surface area (Å²) in [4.78, 5) is 44.1. The maximum Gasteiger partial charge on any atom is 0.446 e. The molecule has 4 rings (SSSR count). The van der Waals surface area contributed by atoms with Gasteiger partial charge in [0.1, 0.15) is 12.3 Å². The monoisotopic (exact) mass is 487 g/mol. The van der Waals surface area contributed by atoms with Gasteiger partial charge in [0.25, 0.3) is 5.91 Å². The number of benzene rings is 2. The zero-order valence-corrected chi connectivity index (χ0v) is 18.2. The predicted molar refractivity (Wildman–Crippen MR) is 117 cm³/mol. The second-order valence-corrected chi connectivity index (χ2v) is 8.28. The van der Waals surface area contributed by atoms with Crippen LogP contribution in [0.5, 0.6) is 5.75 Å². The van der Waals surface area contributed by atoms with Crippen LogP contribution in [0.25, 0.3) is 0 Å². The fraction of sp³-hybridized carbons (Fsp3) is 0.130. The zero-order chi connectivity index (χ0) is 24.3. The summed E-state index contributed by atoms with van der Waals surface area (Å²) in [5.41, 5.74) is -3.72. The average Bonchev–Trinajstić information content (AvgIpc) is 3.07. The Kier molecular flexibility index (Phi) is 6.55. The van der Waals surface area contributed by atoms with E-state index < -0.39 is 23.4 Å². The Labute approximate surface area is 196 Å². The Morgan fingerprint density at radius 1 is 1.03 bits per heavy atom. The van der Waals surface area contributed by atoms with Crippen LogP contribution in [0.1, 0.15) is 15.9 Å². The summed E-state index contributed by atoms with van der Waals surface area (Å²) in [7, 11) is 0. The molecule has 0 atom stereocenters. The van der Waals surface area contributed by atoms with Gasteiger partial charge in [-0.25, -0.2) is 14.5 Å². The van der Waals surface area contributed by atoms with Crippen LogP contribution in [-0.4, -0.2) is 39.8 Å². The largest absolute Gasteiger partial charge is 0.446 e. The first-order valence-electron chi connectivity index (χ1n) is 9.89. The van der Waals surface area contributed by atoms with E-state index in [-0.39, 0.29) is 41.0 Å². The topological polar surface area (TPSA) is 79.8 Å². The van der Waals surface area contributed by atoms with Gasteiger partial charge in [-0.15, -0.1) is 0 Å². The lowest BCUT2D eigenvalue weighted by Crippen LogP contribution is -2.33. The van der Waals surface area contributed by atoms with Crippen molar-refractivity contribution in [2.24, 2.45) is 0 Å². The molecule has 11 heteroatoms. The van der Waals surface area contributed by atoms with Crippen LogP contribution in [-0.2, 0) is 11.3 Å². The van der Waals surface area contributed by atoms with Crippen LogP contribution in [0.2, 0.25) is 0 Å². The first-order valence-corrected chi connectivity index (χ1v) is 10.7. The van der Waals surface area contributed by atoms with Crippen LogP contribution in [0.4, 0.5) is 23.7 Å². The molecule has 3 aromatic rings. The number of hydrogen-bond acceptors (Lipinski definition) is 6. The highest BCUT2D eigenvalue weighted by Gasteiger charge is 2.38. The molecular weight excluding hydrogens is 471 g/mol. The first-order chi connectivity index (χ1) is 16.2. The van der Waals surface area contributed by atoms with Crippen molar-refractivity contribution in [2.45, 2.75) is 16.9 Å². The molecule has 0 aliphatic carbocycles. The third kappa shape index (κ3) is 5.37. The lowest BCUT2D eigenvalue weighted by atomic mass is 10.1. The molecule has 0 saturated carbocycles. The molecule has 2 aromatic carbocycles. The number of hydrogen-bond donors (Lipinski definition) is 0. The molecule has 7 nitrogen and oxygen atoms in total. The van der Waals surface area contributed by atoms with Crippen molar-refractivity contribution in [2.75, 3.05) is 11.4 Å². The van der Waals surface area contributed by atoms with E-state index in [1.54, 1.807) is 36.4 Å². The maximum absolute atomic E-state index is 12.9. The molecule has 0 spiro atoms. The van der Waals surface area contributed by atoms with Crippen molar-refractivity contribution in [1.82, 2.24) is 9.88 Å². The van der Waals surface area contributed by atoms with Crippen LogP contribution in [0.3, 0.4) is 0 Å². The molecule has 1 aromatic heterocycles. The van der Waals surface area contributed by atoms with Crippen molar-refractivity contribution >= 4 is 35.4 Å². The van der Waals surface area contributed by atoms with E-state index >= 15 is 0 Å². The first kappa shape index (κ1) is 23.3. The summed E-state index contributed by atoms with van der Waals surface area (Å²) < 4.78 is 43.0. The Morgan fingerprint density at radius 2 is 1.74 bits per heavy atom. The number of carbonyl (C=O) groups excluding carboxylic acids is 3. The minimum Gasteiger partial charge on any atom is -0.423 e. The number of carbonyl (C=O) groups is 3. The number of aromatic nitrogens is 1. The number of esters is 1. The van der Waals surface area contributed by atoms with Gasteiger partial charge in [-0.05, 0) is 59.8 Å². The van der Waals surface area contributed by atoms with E-state index in [0.29, 0.717) is 11.3 Å². The van der Waals surface area contributed by atoms with Crippen molar-refractivity contribution in [3.63, 3.8) is 0 Å². The molecule has 0 bridgehead atoms. The molecule has 2 heterocycles. The highest BCUT2D eigenvalue weighted by Crippen LogP contribution is 2.37. The second-order valence-electron chi connectivity index (χ2n) is 7.14. The summed E-state index contributed by atoms with van der Waals surface area (Å²) in [5.74, 6) is -0.862. The Balaban J connectivity index is 1.49. The number of urea groups is 1. The van der Waals surface area contributed by atoms with Crippen LogP contribution >= 0.6 is 11.8 Å². The Hall–Kier alpha value is -3.86. The Morgan fingerprint density at radius 3 is 2.41 bits per heavy atom. The van der Waals surface area contributed by atoms with Gasteiger partial charge < -0.3 is 9.64 Å². The van der Waals surface area contributed by atoms with Crippen molar-refractivity contribution in [1.29, 1.82) is 0 Å². The number of anilines is 1. The summed E-state index contributed by atoms with van der Waals surface area (Å²) in [6.07, 6.45) is 2.77. The number of ether oxygens (including phenoxy) is 1. The molecule has 174 valence electrons. The van der Waals surface area contributed by atoms with Gasteiger partial charge in [-0.2, -0.15) is 13.2 Å². The number of imide groups is 1. The molecule has 0 radical (unpaired) electrons. The molecule has 0 N–H and O–H groups in total. The maximum atomic E-state index is 12.9. The number of rotatable bonds is 6. The van der Waals surface area contributed by atoms with Gasteiger partial charge >= 0.3 is 17.5 Å². The van der Waals surface area contributed by atoms with Crippen molar-refractivity contribution < 1.29 is 32.3 Å². The van der Waals surface area contributed by atoms with Crippen LogP contribution < -0.4 is 9.64 Å². The Bertz CT molecular complexity index is 1220. The fourth-order valence-electron chi connectivity index (χ4n) is 3.33.